The van der Waals surface area contributed by atoms with Crippen molar-refractivity contribution in [2.24, 2.45) is 0 Å². The molecule has 2 aliphatic heterocycles. The number of aromatic nitrogens is 2. The lowest BCUT2D eigenvalue weighted by Crippen LogP contribution is -2.40. The summed E-state index contributed by atoms with van der Waals surface area (Å²) in [6.45, 7) is 4.53. The Morgan fingerprint density at radius 2 is 2.15 bits per heavy atom. The quantitative estimate of drug-likeness (QED) is 0.684. The normalized spacial score (nSPS) is 22.9. The smallest absolute Gasteiger partial charge is 0.253 e. The zero-order valence-corrected chi connectivity index (χ0v) is 13.1. The first-order valence-corrected chi connectivity index (χ1v) is 8.74. The lowest BCUT2D eigenvalue weighted by molar-refractivity contribution is 0.0844. The largest absolute Gasteiger partial charge is 0.381 e. The van der Waals surface area contributed by atoms with Gasteiger partial charge in [0.1, 0.15) is 5.69 Å². The van der Waals surface area contributed by atoms with E-state index in [0.717, 1.165) is 61.2 Å². The van der Waals surface area contributed by atoms with E-state index in [9.17, 15) is 4.55 Å². The van der Waals surface area contributed by atoms with Crippen LogP contribution in [0, 0.1) is 0 Å². The SMILES string of the molecule is CCN(c1nc(Cl)nc2c1[S+](O)CC2)C1CCOCC1. The van der Waals surface area contributed by atoms with Crippen molar-refractivity contribution in [3.8, 4) is 0 Å². The summed E-state index contributed by atoms with van der Waals surface area (Å²) < 4.78 is 15.7. The molecule has 0 amide bonds. The molecule has 1 fully saturated rings. The van der Waals surface area contributed by atoms with Crippen LogP contribution in [-0.4, -0.2) is 46.1 Å². The number of nitrogens with zero attached hydrogens (tertiary/aromatic N) is 3. The maximum absolute atomic E-state index is 10.2. The summed E-state index contributed by atoms with van der Waals surface area (Å²) in [6, 6.07) is 0.404. The molecule has 2 aliphatic rings. The molecule has 110 valence electrons. The fraction of sp³-hybridized carbons (Fsp3) is 0.692. The number of halogens is 1. The van der Waals surface area contributed by atoms with Gasteiger partial charge in [-0.25, -0.2) is 4.98 Å². The van der Waals surface area contributed by atoms with E-state index in [2.05, 4.69) is 21.8 Å². The molecule has 20 heavy (non-hydrogen) atoms. The van der Waals surface area contributed by atoms with E-state index >= 15 is 0 Å². The van der Waals surface area contributed by atoms with Crippen LogP contribution >= 0.6 is 11.6 Å². The van der Waals surface area contributed by atoms with E-state index in [1.54, 1.807) is 0 Å². The van der Waals surface area contributed by atoms with E-state index in [1.165, 1.54) is 0 Å². The molecule has 0 spiro atoms. The first kappa shape index (κ1) is 14.4. The van der Waals surface area contributed by atoms with Crippen molar-refractivity contribution in [2.75, 3.05) is 30.4 Å². The van der Waals surface area contributed by atoms with Crippen LogP contribution < -0.4 is 4.90 Å². The van der Waals surface area contributed by atoms with Crippen LogP contribution in [0.15, 0.2) is 4.90 Å². The molecule has 0 radical (unpaired) electrons. The molecule has 5 nitrogen and oxygen atoms in total. The Labute approximate surface area is 126 Å². The van der Waals surface area contributed by atoms with Crippen LogP contribution in [0.1, 0.15) is 25.5 Å². The maximum atomic E-state index is 10.2. The number of hydrogen-bond donors (Lipinski definition) is 1. The predicted octanol–water partition coefficient (Wildman–Crippen LogP) is 2.14. The minimum Gasteiger partial charge on any atom is -0.381 e. The summed E-state index contributed by atoms with van der Waals surface area (Å²) in [6.07, 6.45) is 2.77. The highest BCUT2D eigenvalue weighted by Gasteiger charge is 2.40. The summed E-state index contributed by atoms with van der Waals surface area (Å²) in [7, 11) is 0. The Kier molecular flexibility index (Phi) is 4.35. The number of ether oxygens (including phenoxy) is 1. The van der Waals surface area contributed by atoms with E-state index in [0.29, 0.717) is 6.04 Å². The van der Waals surface area contributed by atoms with Crippen LogP contribution in [0.2, 0.25) is 5.28 Å². The van der Waals surface area contributed by atoms with E-state index in [1.807, 2.05) is 0 Å². The Hall–Kier alpha value is -0.560. The Bertz CT molecular complexity index is 497. The number of anilines is 1. The molecular formula is C13H19ClN3O2S+. The van der Waals surface area contributed by atoms with Crippen LogP contribution in [-0.2, 0) is 22.3 Å². The predicted molar refractivity (Wildman–Crippen MR) is 80.7 cm³/mol. The highest BCUT2D eigenvalue weighted by atomic mass is 35.5. The third-order valence-corrected chi connectivity index (χ3v) is 5.55. The summed E-state index contributed by atoms with van der Waals surface area (Å²) in [4.78, 5) is 11.9. The molecule has 0 aromatic carbocycles. The first-order valence-electron chi connectivity index (χ1n) is 7.01. The zero-order chi connectivity index (χ0) is 14.1. The lowest BCUT2D eigenvalue weighted by atomic mass is 10.1. The second kappa shape index (κ2) is 6.05. The van der Waals surface area contributed by atoms with Gasteiger partial charge in [0.2, 0.25) is 5.28 Å². The third-order valence-electron chi connectivity index (χ3n) is 3.90. The molecule has 1 aromatic heterocycles. The second-order valence-electron chi connectivity index (χ2n) is 5.04. The molecule has 1 saturated heterocycles. The number of fused-ring (bicyclic) bond motifs is 1. The fourth-order valence-electron chi connectivity index (χ4n) is 2.93. The Morgan fingerprint density at radius 1 is 1.40 bits per heavy atom. The molecule has 0 saturated carbocycles. The molecule has 1 unspecified atom stereocenters. The van der Waals surface area contributed by atoms with Crippen molar-refractivity contribution in [1.29, 1.82) is 0 Å². The van der Waals surface area contributed by atoms with Crippen LogP contribution in [0.4, 0.5) is 5.82 Å². The molecule has 0 bridgehead atoms. The number of aryl methyl sites for hydroxylation is 1. The molecule has 0 aliphatic carbocycles. The van der Waals surface area contributed by atoms with E-state index in [4.69, 9.17) is 16.3 Å². The van der Waals surface area contributed by atoms with Gasteiger partial charge in [-0.15, -0.1) is 0 Å². The van der Waals surface area contributed by atoms with Crippen LogP contribution in [0.5, 0.6) is 0 Å². The average Bonchev–Trinajstić information content (AvgIpc) is 2.82. The summed E-state index contributed by atoms with van der Waals surface area (Å²) in [5, 5.41) is 0.281. The molecular weight excluding hydrogens is 298 g/mol. The molecule has 7 heteroatoms. The number of rotatable bonds is 3. The second-order valence-corrected chi connectivity index (χ2v) is 6.92. The third kappa shape index (κ3) is 2.62. The minimum atomic E-state index is -0.751. The molecule has 1 aromatic rings. The van der Waals surface area contributed by atoms with E-state index in [-0.39, 0.29) is 5.28 Å². The van der Waals surface area contributed by atoms with Crippen molar-refractivity contribution in [2.45, 2.75) is 37.1 Å². The van der Waals surface area contributed by atoms with Crippen molar-refractivity contribution in [3.63, 3.8) is 0 Å². The number of hydrogen-bond acceptors (Lipinski definition) is 5. The van der Waals surface area contributed by atoms with Gasteiger partial charge in [-0.05, 0) is 31.4 Å². The van der Waals surface area contributed by atoms with Gasteiger partial charge in [0.15, 0.2) is 22.7 Å². The first-order chi connectivity index (χ1) is 9.70. The lowest BCUT2D eigenvalue weighted by Gasteiger charge is -2.34. The van der Waals surface area contributed by atoms with Crippen molar-refractivity contribution in [1.82, 2.24) is 9.97 Å². The highest BCUT2D eigenvalue weighted by molar-refractivity contribution is 7.92. The molecule has 3 rings (SSSR count). The Balaban J connectivity index is 1.98. The van der Waals surface area contributed by atoms with Gasteiger partial charge >= 0.3 is 0 Å². The van der Waals surface area contributed by atoms with Gasteiger partial charge in [0.05, 0.1) is 0 Å². The highest BCUT2D eigenvalue weighted by Crippen LogP contribution is 2.35. The van der Waals surface area contributed by atoms with Gasteiger partial charge in [0, 0.05) is 32.2 Å². The molecule has 1 atom stereocenters. The van der Waals surface area contributed by atoms with Crippen LogP contribution in [0.25, 0.3) is 0 Å². The van der Waals surface area contributed by atoms with E-state index < -0.39 is 11.2 Å². The van der Waals surface area contributed by atoms with Crippen molar-refractivity contribution >= 4 is 28.6 Å². The van der Waals surface area contributed by atoms with Gasteiger partial charge in [-0.3, -0.25) is 0 Å². The summed E-state index contributed by atoms with van der Waals surface area (Å²) in [5.74, 6) is 1.57. The summed E-state index contributed by atoms with van der Waals surface area (Å²) in [5.41, 5.74) is 0.913. The topological polar surface area (TPSA) is 58.5 Å². The van der Waals surface area contributed by atoms with Gasteiger partial charge in [0.25, 0.3) is 4.90 Å². The van der Waals surface area contributed by atoms with Crippen LogP contribution in [0.3, 0.4) is 0 Å². The van der Waals surface area contributed by atoms with Gasteiger partial charge in [-0.2, -0.15) is 9.54 Å². The monoisotopic (exact) mass is 316 g/mol. The summed E-state index contributed by atoms with van der Waals surface area (Å²) >= 11 is 5.31. The Morgan fingerprint density at radius 3 is 2.85 bits per heavy atom. The van der Waals surface area contributed by atoms with Crippen molar-refractivity contribution in [3.05, 3.63) is 11.0 Å². The zero-order valence-electron chi connectivity index (χ0n) is 11.5. The average molecular weight is 317 g/mol. The fourth-order valence-corrected chi connectivity index (χ4v) is 4.50. The van der Waals surface area contributed by atoms with Gasteiger partial charge < -0.3 is 9.64 Å². The van der Waals surface area contributed by atoms with Crippen molar-refractivity contribution < 1.29 is 9.29 Å². The minimum absolute atomic E-state index is 0.281. The maximum Gasteiger partial charge on any atom is 0.253 e. The van der Waals surface area contributed by atoms with Gasteiger partial charge in [-0.1, -0.05) is 0 Å². The standard InChI is InChI=1S/C13H19ClN3O2S/c1-2-17(9-3-6-19-7-4-9)12-11-10(5-8-20(11)18)15-13(14)16-12/h9,18H,2-8H2,1H3/q+1. The molecule has 1 N–H and O–H groups in total. The molecule has 3 heterocycles.